The number of anilines is 1. The Hall–Kier alpha value is -1.56. The van der Waals surface area contributed by atoms with Gasteiger partial charge in [-0.2, -0.15) is 0 Å². The van der Waals surface area contributed by atoms with E-state index >= 15 is 0 Å². The lowest BCUT2D eigenvalue weighted by molar-refractivity contribution is -0.132. The monoisotopic (exact) mass is 321 g/mol. The number of pyridine rings is 1. The lowest BCUT2D eigenvalue weighted by atomic mass is 10.2. The third kappa shape index (κ3) is 3.43. The Morgan fingerprint density at radius 2 is 2.09 bits per heavy atom. The maximum absolute atomic E-state index is 12.7. The molecule has 0 spiro atoms. The zero-order valence-electron chi connectivity index (χ0n) is 13.4. The largest absolute Gasteiger partial charge is 0.343 e. The van der Waals surface area contributed by atoms with Crippen molar-refractivity contribution in [3.63, 3.8) is 0 Å². The first-order chi connectivity index (χ1) is 10.6. The van der Waals surface area contributed by atoms with E-state index in [0.717, 1.165) is 17.1 Å². The fourth-order valence-electron chi connectivity index (χ4n) is 2.60. The molecule has 0 fully saturated rings. The summed E-state index contributed by atoms with van der Waals surface area (Å²) in [6, 6.07) is 3.77. The minimum Gasteiger partial charge on any atom is -0.343 e. The molecule has 2 rings (SSSR count). The van der Waals surface area contributed by atoms with Crippen LogP contribution in [0.15, 0.2) is 23.4 Å². The number of hydrogen-bond acceptors (Lipinski definition) is 4. The molecule has 1 aliphatic heterocycles. The fraction of sp³-hybridized carbons (Fsp3) is 0.562. The molecule has 0 unspecified atom stereocenters. The first kappa shape index (κ1) is 16.8. The molecule has 1 aliphatic rings. The lowest BCUT2D eigenvalue weighted by Crippen LogP contribution is -2.44. The van der Waals surface area contributed by atoms with E-state index in [2.05, 4.69) is 4.98 Å². The molecule has 0 aliphatic carbocycles. The molecule has 1 aromatic heterocycles. The fourth-order valence-corrected chi connectivity index (χ4v) is 3.75. The lowest BCUT2D eigenvalue weighted by Gasteiger charge is -2.33. The van der Waals surface area contributed by atoms with Crippen LogP contribution in [0, 0.1) is 0 Å². The number of carbonyl (C=O) groups is 2. The predicted molar refractivity (Wildman–Crippen MR) is 89.1 cm³/mol. The van der Waals surface area contributed by atoms with Gasteiger partial charge in [0.15, 0.2) is 0 Å². The maximum atomic E-state index is 12.7. The molecule has 1 aromatic rings. The van der Waals surface area contributed by atoms with Gasteiger partial charge < -0.3 is 9.80 Å². The molecular formula is C16H23N3O2S. The van der Waals surface area contributed by atoms with Gasteiger partial charge in [-0.15, -0.1) is 0 Å². The molecule has 0 radical (unpaired) electrons. The average Bonchev–Trinajstić information content (AvgIpc) is 2.52. The smallest absolute Gasteiger partial charge is 0.241 e. The van der Waals surface area contributed by atoms with Gasteiger partial charge in [0.2, 0.25) is 11.8 Å². The normalized spacial score (nSPS) is 17.3. The quantitative estimate of drug-likeness (QED) is 0.808. The molecule has 5 nitrogen and oxygen atoms in total. The molecule has 0 bridgehead atoms. The van der Waals surface area contributed by atoms with Crippen LogP contribution in [0.5, 0.6) is 0 Å². The van der Waals surface area contributed by atoms with Crippen molar-refractivity contribution in [3.05, 3.63) is 18.3 Å². The first-order valence-corrected chi connectivity index (χ1v) is 8.71. The third-order valence-electron chi connectivity index (χ3n) is 3.76. The number of aromatic nitrogens is 1. The Morgan fingerprint density at radius 3 is 2.73 bits per heavy atom. The molecule has 2 heterocycles. The van der Waals surface area contributed by atoms with Gasteiger partial charge >= 0.3 is 0 Å². The van der Waals surface area contributed by atoms with E-state index in [-0.39, 0.29) is 23.5 Å². The number of thioether (sulfide) groups is 1. The molecule has 0 aromatic carbocycles. The Bertz CT molecular complexity index is 546. The summed E-state index contributed by atoms with van der Waals surface area (Å²) in [7, 11) is 0. The second kappa shape index (κ2) is 7.63. The van der Waals surface area contributed by atoms with Crippen molar-refractivity contribution >= 4 is 29.3 Å². The second-order valence-electron chi connectivity index (χ2n) is 5.19. The predicted octanol–water partition coefficient (Wildman–Crippen LogP) is 2.56. The molecule has 2 amide bonds. The summed E-state index contributed by atoms with van der Waals surface area (Å²) in [5, 5.41) is 0.468. The zero-order valence-corrected chi connectivity index (χ0v) is 14.2. The van der Waals surface area contributed by atoms with Gasteiger partial charge in [-0.05, 0) is 32.4 Å². The Morgan fingerprint density at radius 1 is 1.36 bits per heavy atom. The van der Waals surface area contributed by atoms with Crippen LogP contribution >= 0.6 is 11.8 Å². The highest BCUT2D eigenvalue weighted by Crippen LogP contribution is 2.38. The van der Waals surface area contributed by atoms with Crippen molar-refractivity contribution in [2.75, 3.05) is 24.5 Å². The number of carbonyl (C=O) groups excluding carboxylic acids is 2. The molecule has 0 saturated heterocycles. The highest BCUT2D eigenvalue weighted by atomic mass is 32.2. The number of fused-ring (bicyclic) bond motifs is 1. The van der Waals surface area contributed by atoms with E-state index in [9.17, 15) is 9.59 Å². The molecular weight excluding hydrogens is 298 g/mol. The van der Waals surface area contributed by atoms with Gasteiger partial charge in [-0.25, -0.2) is 4.98 Å². The van der Waals surface area contributed by atoms with Crippen molar-refractivity contribution in [3.8, 4) is 0 Å². The van der Waals surface area contributed by atoms with Crippen LogP contribution in [0.25, 0.3) is 0 Å². The van der Waals surface area contributed by atoms with Crippen molar-refractivity contribution < 1.29 is 9.59 Å². The Kier molecular flexibility index (Phi) is 5.83. The van der Waals surface area contributed by atoms with Crippen molar-refractivity contribution in [2.24, 2.45) is 0 Å². The van der Waals surface area contributed by atoms with E-state index < -0.39 is 0 Å². The van der Waals surface area contributed by atoms with Crippen LogP contribution in [-0.2, 0) is 9.59 Å². The van der Waals surface area contributed by atoms with Gasteiger partial charge in [0.25, 0.3) is 0 Å². The Labute approximate surface area is 136 Å². The summed E-state index contributed by atoms with van der Waals surface area (Å²) in [5.41, 5.74) is 0.867. The molecule has 22 heavy (non-hydrogen) atoms. The van der Waals surface area contributed by atoms with Gasteiger partial charge in [0, 0.05) is 32.3 Å². The SMILES string of the molecule is CCCN1C(=O)[C@H](CC(=O)N(CC)CC)Sc2ncccc21. The van der Waals surface area contributed by atoms with Gasteiger partial charge in [-0.1, -0.05) is 18.7 Å². The Balaban J connectivity index is 2.21. The minimum atomic E-state index is -0.373. The molecule has 120 valence electrons. The zero-order chi connectivity index (χ0) is 16.1. The van der Waals surface area contributed by atoms with E-state index in [1.807, 2.05) is 32.9 Å². The van der Waals surface area contributed by atoms with E-state index in [1.165, 1.54) is 11.8 Å². The molecule has 1 atom stereocenters. The number of amides is 2. The van der Waals surface area contributed by atoms with E-state index in [0.29, 0.717) is 19.6 Å². The van der Waals surface area contributed by atoms with E-state index in [4.69, 9.17) is 0 Å². The van der Waals surface area contributed by atoms with Gasteiger partial charge in [0.05, 0.1) is 10.9 Å². The average molecular weight is 321 g/mol. The second-order valence-corrected chi connectivity index (χ2v) is 6.39. The summed E-state index contributed by atoms with van der Waals surface area (Å²) >= 11 is 1.41. The maximum Gasteiger partial charge on any atom is 0.241 e. The third-order valence-corrected chi connectivity index (χ3v) is 4.95. The van der Waals surface area contributed by atoms with Gasteiger partial charge in [-0.3, -0.25) is 9.59 Å². The summed E-state index contributed by atoms with van der Waals surface area (Å²) < 4.78 is 0. The van der Waals surface area contributed by atoms with Crippen molar-refractivity contribution in [1.82, 2.24) is 9.88 Å². The summed E-state index contributed by atoms with van der Waals surface area (Å²) in [6.07, 6.45) is 2.85. The van der Waals surface area contributed by atoms with Crippen LogP contribution in [0.2, 0.25) is 0 Å². The summed E-state index contributed by atoms with van der Waals surface area (Å²) in [5.74, 6) is 0.0551. The standard InChI is InChI=1S/C16H23N3O2S/c1-4-10-19-12-8-7-9-17-15(12)22-13(16(19)21)11-14(20)18(5-2)6-3/h7-9,13H,4-6,10-11H2,1-3H3/t13-/m0/s1. The molecule has 0 saturated carbocycles. The van der Waals surface area contributed by atoms with Gasteiger partial charge in [0.1, 0.15) is 5.03 Å². The number of nitrogens with zero attached hydrogens (tertiary/aromatic N) is 3. The van der Waals surface area contributed by atoms with Crippen LogP contribution in [-0.4, -0.2) is 46.6 Å². The summed E-state index contributed by atoms with van der Waals surface area (Å²) in [6.45, 7) is 7.97. The first-order valence-electron chi connectivity index (χ1n) is 7.83. The van der Waals surface area contributed by atoms with Crippen molar-refractivity contribution in [1.29, 1.82) is 0 Å². The van der Waals surface area contributed by atoms with E-state index in [1.54, 1.807) is 16.0 Å². The van der Waals surface area contributed by atoms with Crippen LogP contribution < -0.4 is 4.90 Å². The number of rotatable bonds is 6. The highest BCUT2D eigenvalue weighted by Gasteiger charge is 2.35. The van der Waals surface area contributed by atoms with Crippen molar-refractivity contribution in [2.45, 2.75) is 43.9 Å². The van der Waals surface area contributed by atoms with Crippen LogP contribution in [0.4, 0.5) is 5.69 Å². The molecule has 6 heteroatoms. The highest BCUT2D eigenvalue weighted by molar-refractivity contribution is 8.00. The summed E-state index contributed by atoms with van der Waals surface area (Å²) in [4.78, 5) is 33.0. The molecule has 0 N–H and O–H groups in total. The number of hydrogen-bond donors (Lipinski definition) is 0. The minimum absolute atomic E-state index is 0.0212. The van der Waals surface area contributed by atoms with Crippen LogP contribution in [0.1, 0.15) is 33.6 Å². The topological polar surface area (TPSA) is 53.5 Å². The van der Waals surface area contributed by atoms with Crippen LogP contribution in [0.3, 0.4) is 0 Å².